The van der Waals surface area contributed by atoms with Crippen molar-refractivity contribution in [3.05, 3.63) is 29.3 Å². The van der Waals surface area contributed by atoms with Crippen LogP contribution >= 0.6 is 0 Å². The Morgan fingerprint density at radius 2 is 1.93 bits per heavy atom. The van der Waals surface area contributed by atoms with Gasteiger partial charge in [-0.15, -0.1) is 0 Å². The summed E-state index contributed by atoms with van der Waals surface area (Å²) in [6.07, 6.45) is 2.51. The van der Waals surface area contributed by atoms with Crippen LogP contribution in [-0.4, -0.2) is 31.4 Å². The molecule has 0 aromatic heterocycles. The molecule has 1 aromatic rings. The molecule has 0 fully saturated rings. The van der Waals surface area contributed by atoms with E-state index in [-0.39, 0.29) is 11.5 Å². The van der Waals surface area contributed by atoms with Crippen molar-refractivity contribution in [2.24, 2.45) is 5.41 Å². The molecule has 0 unspecified atom stereocenters. The van der Waals surface area contributed by atoms with Crippen molar-refractivity contribution < 1.29 is 14.3 Å². The lowest BCUT2D eigenvalue weighted by Gasteiger charge is -2.28. The van der Waals surface area contributed by atoms with Crippen molar-refractivity contribution in [3.8, 4) is 5.75 Å². The molecule has 1 aliphatic rings. The van der Waals surface area contributed by atoms with Crippen LogP contribution < -0.4 is 15.4 Å². The Morgan fingerprint density at radius 1 is 1.19 bits per heavy atom. The van der Waals surface area contributed by atoms with Gasteiger partial charge < -0.3 is 20.1 Å². The van der Waals surface area contributed by atoms with Crippen LogP contribution in [-0.2, 0) is 11.2 Å². The van der Waals surface area contributed by atoms with E-state index in [0.29, 0.717) is 12.6 Å². The van der Waals surface area contributed by atoms with Crippen molar-refractivity contribution in [1.82, 2.24) is 10.6 Å². The monoisotopic (exact) mass is 376 g/mol. The third-order valence-corrected chi connectivity index (χ3v) is 4.26. The van der Waals surface area contributed by atoms with E-state index in [1.807, 2.05) is 20.8 Å². The van der Waals surface area contributed by atoms with E-state index in [4.69, 9.17) is 9.47 Å². The number of benzene rings is 1. The van der Waals surface area contributed by atoms with Crippen LogP contribution in [0.1, 0.15) is 71.6 Å². The van der Waals surface area contributed by atoms with Crippen molar-refractivity contribution in [3.63, 3.8) is 0 Å². The van der Waals surface area contributed by atoms with Crippen LogP contribution in [0.25, 0.3) is 0 Å². The first kappa shape index (κ1) is 21.5. The molecule has 2 rings (SSSR count). The van der Waals surface area contributed by atoms with E-state index in [1.165, 1.54) is 11.1 Å². The largest absolute Gasteiger partial charge is 0.493 e. The lowest BCUT2D eigenvalue weighted by atomic mass is 9.86. The first-order valence-electron chi connectivity index (χ1n) is 9.99. The molecule has 1 heterocycles. The van der Waals surface area contributed by atoms with Crippen LogP contribution in [0.15, 0.2) is 18.2 Å². The molecule has 1 amide bonds. The summed E-state index contributed by atoms with van der Waals surface area (Å²) in [6, 6.07) is 6.87. The van der Waals surface area contributed by atoms with Gasteiger partial charge in [0.15, 0.2) is 0 Å². The lowest BCUT2D eigenvalue weighted by Crippen LogP contribution is -2.34. The highest BCUT2D eigenvalue weighted by Gasteiger charge is 2.22. The minimum absolute atomic E-state index is 0.264. The Morgan fingerprint density at radius 3 is 2.59 bits per heavy atom. The van der Waals surface area contributed by atoms with Crippen molar-refractivity contribution in [1.29, 1.82) is 0 Å². The van der Waals surface area contributed by atoms with Crippen molar-refractivity contribution in [2.75, 3.05) is 19.7 Å². The molecule has 0 saturated carbocycles. The van der Waals surface area contributed by atoms with E-state index < -0.39 is 5.60 Å². The molecule has 5 nitrogen and oxygen atoms in total. The summed E-state index contributed by atoms with van der Waals surface area (Å²) in [5.41, 5.74) is 2.41. The van der Waals surface area contributed by atoms with Crippen LogP contribution in [0.2, 0.25) is 0 Å². The third-order valence-electron chi connectivity index (χ3n) is 4.26. The number of rotatable bonds is 6. The summed E-state index contributed by atoms with van der Waals surface area (Å²) >= 11 is 0. The molecule has 0 saturated heterocycles. The Balaban J connectivity index is 1.83. The summed E-state index contributed by atoms with van der Waals surface area (Å²) in [6.45, 7) is 14.5. The second-order valence-corrected chi connectivity index (χ2v) is 9.54. The van der Waals surface area contributed by atoms with Gasteiger partial charge in [0.1, 0.15) is 11.4 Å². The number of fused-ring (bicyclic) bond motifs is 1. The van der Waals surface area contributed by atoms with Gasteiger partial charge in [-0.1, -0.05) is 32.9 Å². The van der Waals surface area contributed by atoms with Crippen LogP contribution in [0, 0.1) is 5.41 Å². The van der Waals surface area contributed by atoms with Gasteiger partial charge in [0.25, 0.3) is 0 Å². The second kappa shape index (κ2) is 8.96. The Hall–Kier alpha value is -1.75. The first-order valence-corrected chi connectivity index (χ1v) is 9.99. The molecule has 0 radical (unpaired) electrons. The maximum atomic E-state index is 11.7. The Bertz CT molecular complexity index is 629. The van der Waals surface area contributed by atoms with Crippen molar-refractivity contribution in [2.45, 2.75) is 72.4 Å². The predicted molar refractivity (Wildman–Crippen MR) is 109 cm³/mol. The zero-order valence-corrected chi connectivity index (χ0v) is 17.8. The number of carbonyl (C=O) groups is 1. The average molecular weight is 377 g/mol. The molecule has 2 N–H and O–H groups in total. The summed E-state index contributed by atoms with van der Waals surface area (Å²) < 4.78 is 11.1. The maximum Gasteiger partial charge on any atom is 0.407 e. The van der Waals surface area contributed by atoms with E-state index >= 15 is 0 Å². The summed E-state index contributed by atoms with van der Waals surface area (Å²) in [5.74, 6) is 0.989. The molecule has 1 aromatic carbocycles. The van der Waals surface area contributed by atoms with Gasteiger partial charge in [-0.3, -0.25) is 0 Å². The molecule has 152 valence electrons. The minimum Gasteiger partial charge on any atom is -0.493 e. The zero-order chi connectivity index (χ0) is 20.1. The average Bonchev–Trinajstić information content (AvgIpc) is 2.51. The smallest absolute Gasteiger partial charge is 0.407 e. The fourth-order valence-corrected chi connectivity index (χ4v) is 3.25. The van der Waals surface area contributed by atoms with Gasteiger partial charge in [-0.25, -0.2) is 4.79 Å². The Labute approximate surface area is 164 Å². The fraction of sp³-hybridized carbons (Fsp3) is 0.682. The van der Waals surface area contributed by atoms with Gasteiger partial charge >= 0.3 is 6.09 Å². The number of hydrogen-bond acceptors (Lipinski definition) is 4. The molecule has 1 atom stereocenters. The topological polar surface area (TPSA) is 59.6 Å². The molecule has 0 aliphatic carbocycles. The number of nitrogens with one attached hydrogen (secondary N) is 2. The summed E-state index contributed by atoms with van der Waals surface area (Å²) in [4.78, 5) is 11.7. The molecule has 1 aliphatic heterocycles. The number of hydrogen-bond donors (Lipinski definition) is 2. The maximum absolute atomic E-state index is 11.7. The van der Waals surface area contributed by atoms with Gasteiger partial charge in [0.2, 0.25) is 0 Å². The van der Waals surface area contributed by atoms with Gasteiger partial charge in [-0.2, -0.15) is 0 Å². The van der Waals surface area contributed by atoms with Crippen LogP contribution in [0.4, 0.5) is 4.79 Å². The summed E-state index contributed by atoms with van der Waals surface area (Å²) in [7, 11) is 0. The predicted octanol–water partition coefficient (Wildman–Crippen LogP) is 4.60. The molecule has 27 heavy (non-hydrogen) atoms. The van der Waals surface area contributed by atoms with E-state index in [2.05, 4.69) is 49.6 Å². The summed E-state index contributed by atoms with van der Waals surface area (Å²) in [5, 5.41) is 6.42. The highest BCUT2D eigenvalue weighted by Crippen LogP contribution is 2.34. The highest BCUT2D eigenvalue weighted by atomic mass is 16.6. The van der Waals surface area contributed by atoms with Crippen LogP contribution in [0.3, 0.4) is 0 Å². The van der Waals surface area contributed by atoms with Gasteiger partial charge in [0.05, 0.1) is 6.61 Å². The number of alkyl carbamates (subject to hydrolysis) is 1. The first-order chi connectivity index (χ1) is 12.5. The number of carbonyl (C=O) groups excluding carboxylic acids is 1. The van der Waals surface area contributed by atoms with E-state index in [9.17, 15) is 4.79 Å². The zero-order valence-electron chi connectivity index (χ0n) is 17.8. The van der Waals surface area contributed by atoms with Gasteiger partial charge in [0, 0.05) is 24.6 Å². The van der Waals surface area contributed by atoms with E-state index in [1.54, 1.807) is 0 Å². The van der Waals surface area contributed by atoms with Crippen molar-refractivity contribution >= 4 is 6.09 Å². The second-order valence-electron chi connectivity index (χ2n) is 9.54. The SMILES string of the molecule is CC(C)(C)Cc1ccc2c(c1)[C@@H](NCCCNC(=O)OC(C)(C)C)CCO2. The standard InChI is InChI=1S/C22H36N2O3/c1-21(2,3)15-16-8-9-19-17(14-16)18(10-13-26-19)23-11-7-12-24-20(25)27-22(4,5)6/h8-9,14,18,23H,7,10-13,15H2,1-6H3,(H,24,25)/t18-/m0/s1. The Kier molecular flexibility index (Phi) is 7.15. The molecule has 5 heteroatoms. The van der Waals surface area contributed by atoms with Gasteiger partial charge in [-0.05, 0) is 57.2 Å². The minimum atomic E-state index is -0.459. The third kappa shape index (κ3) is 7.79. The molecular formula is C22H36N2O3. The quantitative estimate of drug-likeness (QED) is 0.712. The molecular weight excluding hydrogens is 340 g/mol. The molecule has 0 bridgehead atoms. The number of ether oxygens (including phenoxy) is 2. The van der Waals surface area contributed by atoms with Crippen LogP contribution in [0.5, 0.6) is 5.75 Å². The fourth-order valence-electron chi connectivity index (χ4n) is 3.25. The number of amides is 1. The molecule has 0 spiro atoms. The van der Waals surface area contributed by atoms with E-state index in [0.717, 1.165) is 38.2 Å². The highest BCUT2D eigenvalue weighted by molar-refractivity contribution is 5.67. The normalized spacial score (nSPS) is 17.0. The lowest BCUT2D eigenvalue weighted by molar-refractivity contribution is 0.0527.